The second-order valence-electron chi connectivity index (χ2n) is 7.16. The minimum absolute atomic E-state index is 0.0790. The number of hydrogen-bond acceptors (Lipinski definition) is 5. The van der Waals surface area contributed by atoms with Crippen LogP contribution in [0, 0.1) is 13.8 Å². The molecule has 2 N–H and O–H groups in total. The van der Waals surface area contributed by atoms with E-state index in [1.165, 1.54) is 16.7 Å². The van der Waals surface area contributed by atoms with E-state index in [0.717, 1.165) is 30.1 Å². The van der Waals surface area contributed by atoms with Gasteiger partial charge in [-0.2, -0.15) is 13.2 Å². The molecule has 0 spiro atoms. The molecule has 1 fully saturated rings. The van der Waals surface area contributed by atoms with Crippen LogP contribution in [0.15, 0.2) is 22.7 Å². The maximum atomic E-state index is 10.6. The van der Waals surface area contributed by atoms with Crippen LogP contribution in [0.3, 0.4) is 0 Å². The molecular weight excluding hydrogens is 377 g/mol. The Morgan fingerprint density at radius 2 is 2.04 bits per heavy atom. The summed E-state index contributed by atoms with van der Waals surface area (Å²) in [6, 6.07) is 6.54. The monoisotopic (exact) mass is 398 g/mol. The molecule has 28 heavy (non-hydrogen) atoms. The summed E-state index contributed by atoms with van der Waals surface area (Å²) in [6.07, 6.45) is -5.08. The summed E-state index contributed by atoms with van der Waals surface area (Å²) in [5.41, 5.74) is 5.88. The van der Waals surface area contributed by atoms with Crippen molar-refractivity contribution in [3.8, 4) is 11.1 Å². The first kappa shape index (κ1) is 20.3. The number of nitrogens with one attached hydrogen (secondary N) is 1. The maximum absolute atomic E-state index is 10.6. The van der Waals surface area contributed by atoms with Crippen molar-refractivity contribution < 1.29 is 32.3 Å². The minimum atomic E-state index is -5.08. The Balaban J connectivity index is 0.000000279. The topological polar surface area (TPSA) is 84.6 Å². The van der Waals surface area contributed by atoms with Crippen molar-refractivity contribution in [2.24, 2.45) is 0 Å². The molecular formula is C19H21F3N2O4. The Bertz CT molecular complexity index is 874. The molecule has 2 unspecified atom stereocenters. The Kier molecular flexibility index (Phi) is 5.24. The third-order valence-electron chi connectivity index (χ3n) is 5.24. The smallest absolute Gasteiger partial charge is 0.475 e. The van der Waals surface area contributed by atoms with E-state index in [1.807, 2.05) is 13.8 Å². The van der Waals surface area contributed by atoms with Crippen molar-refractivity contribution in [1.82, 2.24) is 10.5 Å². The number of nitrogens with zero attached hydrogens (tertiary/aromatic N) is 1. The molecule has 1 aromatic heterocycles. The second-order valence-corrected chi connectivity index (χ2v) is 7.16. The molecule has 4 rings (SSSR count). The van der Waals surface area contributed by atoms with Gasteiger partial charge in [-0.25, -0.2) is 4.79 Å². The van der Waals surface area contributed by atoms with E-state index in [-0.39, 0.29) is 5.60 Å². The zero-order valence-corrected chi connectivity index (χ0v) is 15.7. The average molecular weight is 398 g/mol. The number of ether oxygens (including phenoxy) is 1. The van der Waals surface area contributed by atoms with Crippen LogP contribution in [0.5, 0.6) is 0 Å². The Morgan fingerprint density at radius 1 is 1.36 bits per heavy atom. The lowest BCUT2D eigenvalue weighted by atomic mass is 9.79. The number of aliphatic carboxylic acids is 1. The van der Waals surface area contributed by atoms with Crippen LogP contribution in [0.2, 0.25) is 0 Å². The van der Waals surface area contributed by atoms with Crippen molar-refractivity contribution in [2.75, 3.05) is 13.1 Å². The predicted octanol–water partition coefficient (Wildman–Crippen LogP) is 3.57. The van der Waals surface area contributed by atoms with E-state index < -0.39 is 12.1 Å². The van der Waals surface area contributed by atoms with Gasteiger partial charge in [0, 0.05) is 24.6 Å². The quantitative estimate of drug-likeness (QED) is 0.764. The van der Waals surface area contributed by atoms with E-state index >= 15 is 0 Å². The maximum Gasteiger partial charge on any atom is 0.490 e. The molecule has 152 valence electrons. The summed E-state index contributed by atoms with van der Waals surface area (Å²) in [4.78, 5) is 8.90. The van der Waals surface area contributed by atoms with Gasteiger partial charge >= 0.3 is 12.1 Å². The molecule has 2 aromatic rings. The van der Waals surface area contributed by atoms with Gasteiger partial charge in [0.05, 0.1) is 17.9 Å². The highest BCUT2D eigenvalue weighted by atomic mass is 19.4. The van der Waals surface area contributed by atoms with Crippen molar-refractivity contribution in [3.63, 3.8) is 0 Å². The first-order valence-electron chi connectivity index (χ1n) is 8.74. The highest BCUT2D eigenvalue weighted by Gasteiger charge is 2.45. The molecule has 0 amide bonds. The van der Waals surface area contributed by atoms with Gasteiger partial charge in [-0.15, -0.1) is 0 Å². The molecule has 2 atom stereocenters. The SMILES string of the molecule is Cc1noc(C)c1-c1cccc2c1COC1(C)CNCC21.O=C(O)C(F)(F)F. The van der Waals surface area contributed by atoms with E-state index in [4.69, 9.17) is 19.2 Å². The van der Waals surface area contributed by atoms with Gasteiger partial charge in [-0.3, -0.25) is 0 Å². The van der Waals surface area contributed by atoms with Crippen LogP contribution in [0.4, 0.5) is 13.2 Å². The lowest BCUT2D eigenvalue weighted by Gasteiger charge is -2.37. The van der Waals surface area contributed by atoms with Gasteiger partial charge in [-0.1, -0.05) is 23.4 Å². The number of hydrogen-bond donors (Lipinski definition) is 2. The van der Waals surface area contributed by atoms with Gasteiger partial charge in [0.2, 0.25) is 0 Å². The summed E-state index contributed by atoms with van der Waals surface area (Å²) in [5, 5.41) is 14.7. The van der Waals surface area contributed by atoms with Crippen LogP contribution < -0.4 is 5.32 Å². The number of carboxylic acids is 1. The second kappa shape index (κ2) is 7.21. The number of aromatic nitrogens is 1. The van der Waals surface area contributed by atoms with Crippen molar-refractivity contribution >= 4 is 5.97 Å². The Hall–Kier alpha value is -2.39. The Morgan fingerprint density at radius 3 is 2.61 bits per heavy atom. The summed E-state index contributed by atoms with van der Waals surface area (Å²) < 4.78 is 43.3. The standard InChI is InChI=1S/C17H20N2O2.C2HF3O2/c1-10-16(11(2)21-19-10)13-6-4-5-12-14(13)8-20-17(3)9-18-7-15(12)17;3-2(4,5)1(6)7/h4-6,15,18H,7-9H2,1-3H3;(H,6,7). The molecule has 9 heteroatoms. The molecule has 0 aliphatic carbocycles. The number of benzene rings is 1. The number of alkyl halides is 3. The number of carboxylic acid groups (broad SMARTS) is 1. The van der Waals surface area contributed by atoms with Crippen molar-refractivity contribution in [3.05, 3.63) is 40.8 Å². The number of aryl methyl sites for hydroxylation is 2. The highest BCUT2D eigenvalue weighted by molar-refractivity contribution is 5.73. The molecule has 1 aromatic carbocycles. The van der Waals surface area contributed by atoms with Gasteiger partial charge in [0.25, 0.3) is 0 Å². The molecule has 2 aliphatic rings. The fourth-order valence-electron chi connectivity index (χ4n) is 3.83. The summed E-state index contributed by atoms with van der Waals surface area (Å²) >= 11 is 0. The van der Waals surface area contributed by atoms with Crippen LogP contribution in [-0.4, -0.2) is 41.1 Å². The van der Waals surface area contributed by atoms with Crippen molar-refractivity contribution in [1.29, 1.82) is 0 Å². The van der Waals surface area contributed by atoms with Crippen LogP contribution >= 0.6 is 0 Å². The molecule has 0 radical (unpaired) electrons. The van der Waals surface area contributed by atoms with Crippen LogP contribution in [0.1, 0.15) is 35.4 Å². The molecule has 2 aliphatic heterocycles. The van der Waals surface area contributed by atoms with Crippen LogP contribution in [-0.2, 0) is 16.1 Å². The van der Waals surface area contributed by atoms with E-state index in [0.29, 0.717) is 12.5 Å². The van der Waals surface area contributed by atoms with E-state index in [2.05, 4.69) is 35.6 Å². The summed E-state index contributed by atoms with van der Waals surface area (Å²) in [7, 11) is 0. The molecule has 0 saturated carbocycles. The third-order valence-corrected chi connectivity index (χ3v) is 5.24. The minimum Gasteiger partial charge on any atom is -0.475 e. The third kappa shape index (κ3) is 3.64. The lowest BCUT2D eigenvalue weighted by molar-refractivity contribution is -0.192. The van der Waals surface area contributed by atoms with E-state index in [9.17, 15) is 13.2 Å². The zero-order chi connectivity index (χ0) is 20.7. The molecule has 1 saturated heterocycles. The fourth-order valence-corrected chi connectivity index (χ4v) is 3.83. The van der Waals surface area contributed by atoms with E-state index in [1.54, 1.807) is 0 Å². The highest BCUT2D eigenvalue weighted by Crippen LogP contribution is 2.44. The summed E-state index contributed by atoms with van der Waals surface area (Å²) in [5.74, 6) is -1.46. The lowest BCUT2D eigenvalue weighted by Crippen LogP contribution is -2.39. The largest absolute Gasteiger partial charge is 0.490 e. The fraction of sp³-hybridized carbons (Fsp3) is 0.474. The number of carbonyl (C=O) groups is 1. The van der Waals surface area contributed by atoms with Gasteiger partial charge < -0.3 is 19.7 Å². The predicted molar refractivity (Wildman–Crippen MR) is 93.9 cm³/mol. The van der Waals surface area contributed by atoms with Crippen molar-refractivity contribution in [2.45, 2.75) is 45.1 Å². The molecule has 0 bridgehead atoms. The zero-order valence-electron chi connectivity index (χ0n) is 15.7. The number of fused-ring (bicyclic) bond motifs is 3. The van der Waals surface area contributed by atoms with Crippen LogP contribution in [0.25, 0.3) is 11.1 Å². The molecule has 3 heterocycles. The number of halogens is 3. The normalized spacial score (nSPS) is 23.4. The number of rotatable bonds is 1. The molecule has 6 nitrogen and oxygen atoms in total. The first-order valence-corrected chi connectivity index (χ1v) is 8.74. The van der Waals surface area contributed by atoms with Gasteiger partial charge in [-0.05, 0) is 37.5 Å². The Labute approximate surface area is 159 Å². The average Bonchev–Trinajstić information content (AvgIpc) is 3.16. The first-order chi connectivity index (χ1) is 13.0. The van der Waals surface area contributed by atoms with Gasteiger partial charge in [0.15, 0.2) is 0 Å². The summed E-state index contributed by atoms with van der Waals surface area (Å²) in [6.45, 7) is 8.74. The van der Waals surface area contributed by atoms with Gasteiger partial charge in [0.1, 0.15) is 5.76 Å².